The summed E-state index contributed by atoms with van der Waals surface area (Å²) in [6.45, 7) is -0.0342. The molecule has 4 heteroatoms. The molecule has 0 fully saturated rings. The van der Waals surface area contributed by atoms with Crippen LogP contribution in [0.5, 0.6) is 0 Å². The number of thiazole rings is 1. The fraction of sp³-hybridized carbons (Fsp3) is 0.400. The molecule has 0 amide bonds. The smallest absolute Gasteiger partial charge is 0.112 e. The minimum absolute atomic E-state index is 0.0342. The fourth-order valence-corrected chi connectivity index (χ4v) is 1.13. The summed E-state index contributed by atoms with van der Waals surface area (Å²) in [5.41, 5.74) is 5.44. The van der Waals surface area contributed by atoms with Gasteiger partial charge in [0, 0.05) is 11.6 Å². The van der Waals surface area contributed by atoms with Crippen molar-refractivity contribution in [3.8, 4) is 0 Å². The Morgan fingerprint density at radius 1 is 1.89 bits per heavy atom. The number of nitrogens with two attached hydrogens (primary N) is 1. The molecule has 0 aliphatic carbocycles. The molecule has 0 saturated carbocycles. The minimum atomic E-state index is -0.301. The Hall–Kier alpha value is -0.450. The van der Waals surface area contributed by atoms with E-state index < -0.39 is 0 Å². The highest BCUT2D eigenvalue weighted by Crippen LogP contribution is 2.11. The van der Waals surface area contributed by atoms with Gasteiger partial charge in [0.1, 0.15) is 5.01 Å². The van der Waals surface area contributed by atoms with Crippen LogP contribution in [0.1, 0.15) is 11.0 Å². The zero-order chi connectivity index (χ0) is 6.69. The van der Waals surface area contributed by atoms with Crippen molar-refractivity contribution >= 4 is 11.3 Å². The lowest BCUT2D eigenvalue weighted by atomic mass is 10.4. The Morgan fingerprint density at radius 2 is 2.67 bits per heavy atom. The second kappa shape index (κ2) is 2.91. The zero-order valence-corrected chi connectivity index (χ0v) is 5.64. The topological polar surface area (TPSA) is 59.1 Å². The van der Waals surface area contributed by atoms with Gasteiger partial charge in [0.15, 0.2) is 0 Å². The summed E-state index contributed by atoms with van der Waals surface area (Å²) in [6.07, 6.45) is 1.68. The van der Waals surface area contributed by atoms with E-state index in [1.54, 1.807) is 6.20 Å². The molecule has 1 aromatic rings. The van der Waals surface area contributed by atoms with Crippen LogP contribution < -0.4 is 5.73 Å². The maximum absolute atomic E-state index is 8.55. The highest BCUT2D eigenvalue weighted by atomic mass is 32.1. The number of hydrogen-bond donors (Lipinski definition) is 2. The molecule has 9 heavy (non-hydrogen) atoms. The van der Waals surface area contributed by atoms with E-state index in [0.717, 1.165) is 5.01 Å². The molecule has 3 N–H and O–H groups in total. The van der Waals surface area contributed by atoms with Gasteiger partial charge in [-0.15, -0.1) is 11.3 Å². The second-order valence-electron chi connectivity index (χ2n) is 1.66. The molecular formula is C5H8N2OS. The Morgan fingerprint density at radius 3 is 3.11 bits per heavy atom. The van der Waals surface area contributed by atoms with Crippen molar-refractivity contribution in [3.63, 3.8) is 0 Å². The summed E-state index contributed by atoms with van der Waals surface area (Å²) in [5.74, 6) is 0. The summed E-state index contributed by atoms with van der Waals surface area (Å²) in [5, 5.41) is 11.2. The number of rotatable bonds is 2. The molecule has 3 nitrogen and oxygen atoms in total. The van der Waals surface area contributed by atoms with E-state index in [9.17, 15) is 0 Å². The summed E-state index contributed by atoms with van der Waals surface area (Å²) in [7, 11) is 0. The maximum atomic E-state index is 8.55. The maximum Gasteiger partial charge on any atom is 0.112 e. The molecule has 1 heterocycles. The van der Waals surface area contributed by atoms with E-state index in [0.29, 0.717) is 0 Å². The highest BCUT2D eigenvalue weighted by Gasteiger charge is 2.04. The highest BCUT2D eigenvalue weighted by molar-refractivity contribution is 7.09. The van der Waals surface area contributed by atoms with E-state index in [4.69, 9.17) is 10.8 Å². The lowest BCUT2D eigenvalue weighted by Crippen LogP contribution is -2.13. The fourth-order valence-electron chi connectivity index (χ4n) is 0.496. The van der Waals surface area contributed by atoms with Gasteiger partial charge in [-0.3, -0.25) is 0 Å². The van der Waals surface area contributed by atoms with E-state index in [-0.39, 0.29) is 12.6 Å². The van der Waals surface area contributed by atoms with Crippen LogP contribution in [0.2, 0.25) is 0 Å². The molecule has 0 saturated heterocycles. The van der Waals surface area contributed by atoms with Gasteiger partial charge in [-0.2, -0.15) is 0 Å². The first kappa shape index (κ1) is 6.67. The van der Waals surface area contributed by atoms with E-state index in [1.807, 2.05) is 5.38 Å². The van der Waals surface area contributed by atoms with Crippen molar-refractivity contribution in [1.29, 1.82) is 0 Å². The van der Waals surface area contributed by atoms with Crippen LogP contribution in [-0.4, -0.2) is 16.7 Å². The van der Waals surface area contributed by atoms with Gasteiger partial charge in [-0.1, -0.05) is 0 Å². The Bertz CT molecular complexity index is 163. The molecule has 0 aliphatic rings. The predicted molar refractivity (Wildman–Crippen MR) is 36.1 cm³/mol. The van der Waals surface area contributed by atoms with Gasteiger partial charge < -0.3 is 10.8 Å². The van der Waals surface area contributed by atoms with Crippen molar-refractivity contribution in [2.75, 3.05) is 6.61 Å². The summed E-state index contributed by atoms with van der Waals surface area (Å²) in [4.78, 5) is 3.92. The van der Waals surface area contributed by atoms with Crippen LogP contribution in [0.3, 0.4) is 0 Å². The molecule has 1 atom stereocenters. The minimum Gasteiger partial charge on any atom is -0.394 e. The van der Waals surface area contributed by atoms with Crippen molar-refractivity contribution in [2.24, 2.45) is 5.73 Å². The van der Waals surface area contributed by atoms with Crippen LogP contribution in [-0.2, 0) is 0 Å². The van der Waals surface area contributed by atoms with Gasteiger partial charge in [0.2, 0.25) is 0 Å². The lowest BCUT2D eigenvalue weighted by Gasteiger charge is -2.00. The zero-order valence-electron chi connectivity index (χ0n) is 4.82. The first-order valence-corrected chi connectivity index (χ1v) is 3.48. The van der Waals surface area contributed by atoms with Crippen LogP contribution >= 0.6 is 11.3 Å². The molecule has 0 spiro atoms. The second-order valence-corrected chi connectivity index (χ2v) is 2.59. The lowest BCUT2D eigenvalue weighted by molar-refractivity contribution is 0.267. The Labute approximate surface area is 57.2 Å². The van der Waals surface area contributed by atoms with Gasteiger partial charge in [-0.25, -0.2) is 4.98 Å². The Balaban J connectivity index is 2.65. The molecular weight excluding hydrogens is 136 g/mol. The van der Waals surface area contributed by atoms with Crippen LogP contribution in [0.25, 0.3) is 0 Å². The monoisotopic (exact) mass is 144 g/mol. The number of aliphatic hydroxyl groups excluding tert-OH is 1. The van der Waals surface area contributed by atoms with Crippen molar-refractivity contribution in [1.82, 2.24) is 4.98 Å². The first-order chi connectivity index (χ1) is 4.34. The average molecular weight is 144 g/mol. The number of aromatic nitrogens is 1. The summed E-state index contributed by atoms with van der Waals surface area (Å²) >= 11 is 1.46. The summed E-state index contributed by atoms with van der Waals surface area (Å²) in [6, 6.07) is -0.301. The van der Waals surface area contributed by atoms with E-state index >= 15 is 0 Å². The molecule has 1 aromatic heterocycles. The van der Waals surface area contributed by atoms with Crippen LogP contribution in [0.15, 0.2) is 11.6 Å². The van der Waals surface area contributed by atoms with Crippen LogP contribution in [0, 0.1) is 0 Å². The normalized spacial score (nSPS) is 13.6. The van der Waals surface area contributed by atoms with Gasteiger partial charge >= 0.3 is 0 Å². The predicted octanol–water partition coefficient (Wildman–Crippen LogP) is 0.135. The van der Waals surface area contributed by atoms with Crippen molar-refractivity contribution in [2.45, 2.75) is 6.04 Å². The van der Waals surface area contributed by atoms with E-state index in [2.05, 4.69) is 4.98 Å². The largest absolute Gasteiger partial charge is 0.394 e. The molecule has 50 valence electrons. The van der Waals surface area contributed by atoms with Crippen molar-refractivity contribution < 1.29 is 5.11 Å². The Kier molecular flexibility index (Phi) is 2.16. The molecule has 0 unspecified atom stereocenters. The van der Waals surface area contributed by atoms with Crippen molar-refractivity contribution in [3.05, 3.63) is 16.6 Å². The van der Waals surface area contributed by atoms with Gasteiger partial charge in [0.05, 0.1) is 12.6 Å². The number of hydrogen-bond acceptors (Lipinski definition) is 4. The molecule has 0 radical (unpaired) electrons. The van der Waals surface area contributed by atoms with Crippen LogP contribution in [0.4, 0.5) is 0 Å². The average Bonchev–Trinajstić information content (AvgIpc) is 2.37. The van der Waals surface area contributed by atoms with Gasteiger partial charge in [-0.05, 0) is 0 Å². The summed E-state index contributed by atoms with van der Waals surface area (Å²) < 4.78 is 0. The number of aliphatic hydroxyl groups is 1. The SMILES string of the molecule is N[C@@H](CO)c1nccs1. The molecule has 0 bridgehead atoms. The third-order valence-corrected chi connectivity index (χ3v) is 1.87. The van der Waals surface area contributed by atoms with E-state index in [1.165, 1.54) is 11.3 Å². The first-order valence-electron chi connectivity index (χ1n) is 2.60. The van der Waals surface area contributed by atoms with Gasteiger partial charge in [0.25, 0.3) is 0 Å². The molecule has 0 aliphatic heterocycles. The third-order valence-electron chi connectivity index (χ3n) is 0.965. The standard InChI is InChI=1S/C5H8N2OS/c6-4(3-8)5-7-1-2-9-5/h1-2,4,8H,3,6H2/t4-/m0/s1. The quantitative estimate of drug-likeness (QED) is 0.620. The third kappa shape index (κ3) is 1.48. The molecule has 1 rings (SSSR count). The number of nitrogens with zero attached hydrogens (tertiary/aromatic N) is 1. The molecule has 0 aromatic carbocycles.